The van der Waals surface area contributed by atoms with E-state index in [1.807, 2.05) is 12.1 Å². The maximum absolute atomic E-state index is 12.4. The van der Waals surface area contributed by atoms with Gasteiger partial charge in [0.15, 0.2) is 0 Å². The Hall–Kier alpha value is -0.990. The van der Waals surface area contributed by atoms with Gasteiger partial charge in [0, 0.05) is 17.1 Å². The molecule has 1 heterocycles. The number of anilines is 1. The summed E-state index contributed by atoms with van der Waals surface area (Å²) in [5, 5.41) is 3.09. The Morgan fingerprint density at radius 3 is 2.30 bits per heavy atom. The predicted octanol–water partition coefficient (Wildman–Crippen LogP) is 4.12. The quantitative estimate of drug-likeness (QED) is 0.846. The van der Waals surface area contributed by atoms with Crippen LogP contribution < -0.4 is 5.32 Å². The molecular formula is C12H10BrF2NO2S2. The number of rotatable bonds is 5. The highest BCUT2D eigenvalue weighted by atomic mass is 79.9. The lowest BCUT2D eigenvalue weighted by molar-refractivity contribution is 0.234. The number of hydrogen-bond acceptors (Lipinski definition) is 4. The van der Waals surface area contributed by atoms with Gasteiger partial charge < -0.3 is 5.32 Å². The van der Waals surface area contributed by atoms with Crippen molar-refractivity contribution in [2.24, 2.45) is 0 Å². The van der Waals surface area contributed by atoms with E-state index in [9.17, 15) is 17.2 Å². The summed E-state index contributed by atoms with van der Waals surface area (Å²) >= 11 is 4.93. The topological polar surface area (TPSA) is 46.2 Å². The van der Waals surface area contributed by atoms with Crippen LogP contribution in [0.25, 0.3) is 0 Å². The van der Waals surface area contributed by atoms with E-state index >= 15 is 0 Å². The van der Waals surface area contributed by atoms with E-state index in [1.165, 1.54) is 24.3 Å². The Balaban J connectivity index is 2.05. The zero-order chi connectivity index (χ0) is 14.8. The Labute approximate surface area is 127 Å². The largest absolute Gasteiger partial charge is 0.380 e. The Morgan fingerprint density at radius 1 is 1.15 bits per heavy atom. The van der Waals surface area contributed by atoms with Crippen LogP contribution in [0.15, 0.2) is 45.1 Å². The van der Waals surface area contributed by atoms with E-state index in [4.69, 9.17) is 0 Å². The molecule has 0 saturated heterocycles. The Morgan fingerprint density at radius 2 is 1.80 bits per heavy atom. The standard InChI is InChI=1S/C12H10BrF2NO2S2/c13-11-6-3-9(19-11)7-16-8-1-4-10(5-2-8)20(17,18)12(14)15/h1-6,12,16H,7H2. The number of nitrogens with one attached hydrogen (secondary N) is 1. The van der Waals surface area contributed by atoms with Crippen LogP contribution in [0.4, 0.5) is 14.5 Å². The Kier molecular flexibility index (Phi) is 4.77. The van der Waals surface area contributed by atoms with Gasteiger partial charge in [-0.3, -0.25) is 0 Å². The fourth-order valence-electron chi connectivity index (χ4n) is 1.50. The highest BCUT2D eigenvalue weighted by molar-refractivity contribution is 9.11. The smallest absolute Gasteiger partial charge is 0.341 e. The second-order valence-electron chi connectivity index (χ2n) is 3.89. The number of hydrogen-bond donors (Lipinski definition) is 1. The van der Waals surface area contributed by atoms with Gasteiger partial charge in [-0.25, -0.2) is 8.42 Å². The molecule has 0 fully saturated rings. The average Bonchev–Trinajstić information content (AvgIpc) is 2.82. The molecule has 1 N–H and O–H groups in total. The summed E-state index contributed by atoms with van der Waals surface area (Å²) in [4.78, 5) is 0.720. The lowest BCUT2D eigenvalue weighted by Gasteiger charge is -2.07. The van der Waals surface area contributed by atoms with Gasteiger partial charge in [0.05, 0.1) is 8.68 Å². The molecule has 0 aliphatic rings. The van der Waals surface area contributed by atoms with Crippen molar-refractivity contribution in [3.8, 4) is 0 Å². The Bertz CT molecular complexity index is 684. The third-order valence-electron chi connectivity index (χ3n) is 2.51. The van der Waals surface area contributed by atoms with Crippen LogP contribution in [0, 0.1) is 0 Å². The molecule has 20 heavy (non-hydrogen) atoms. The first-order valence-electron chi connectivity index (χ1n) is 5.50. The second-order valence-corrected chi connectivity index (χ2v) is 8.35. The van der Waals surface area contributed by atoms with Crippen molar-refractivity contribution in [3.05, 3.63) is 45.1 Å². The maximum atomic E-state index is 12.4. The first-order valence-corrected chi connectivity index (χ1v) is 8.65. The molecule has 2 aromatic rings. The molecule has 2 rings (SSSR count). The van der Waals surface area contributed by atoms with E-state index in [2.05, 4.69) is 21.2 Å². The van der Waals surface area contributed by atoms with Gasteiger partial charge in [-0.1, -0.05) is 0 Å². The molecule has 0 amide bonds. The summed E-state index contributed by atoms with van der Waals surface area (Å²) in [5.41, 5.74) is 0.669. The molecule has 3 nitrogen and oxygen atoms in total. The number of benzene rings is 1. The van der Waals surface area contributed by atoms with E-state index in [0.717, 1.165) is 8.66 Å². The highest BCUT2D eigenvalue weighted by Gasteiger charge is 2.26. The summed E-state index contributed by atoms with van der Waals surface area (Å²) in [6.45, 7) is 0.581. The van der Waals surface area contributed by atoms with Crippen LogP contribution in [-0.4, -0.2) is 14.2 Å². The minimum atomic E-state index is -4.52. The van der Waals surface area contributed by atoms with Crippen molar-refractivity contribution < 1.29 is 17.2 Å². The number of alkyl halides is 2. The third-order valence-corrected chi connectivity index (χ3v) is 5.54. The van der Waals surface area contributed by atoms with Crippen LogP contribution in [0.2, 0.25) is 0 Å². The normalized spacial score (nSPS) is 11.8. The number of thiophene rings is 1. The monoisotopic (exact) mass is 381 g/mol. The van der Waals surface area contributed by atoms with Gasteiger partial charge in [-0.15, -0.1) is 11.3 Å². The van der Waals surface area contributed by atoms with Crippen LogP contribution in [0.3, 0.4) is 0 Å². The van der Waals surface area contributed by atoms with E-state index in [-0.39, 0.29) is 4.90 Å². The molecule has 0 aliphatic heterocycles. The molecular weight excluding hydrogens is 372 g/mol. The summed E-state index contributed by atoms with van der Waals surface area (Å²) in [5.74, 6) is -3.40. The van der Waals surface area contributed by atoms with Crippen LogP contribution in [0.5, 0.6) is 0 Å². The maximum Gasteiger partial charge on any atom is 0.341 e. The number of halogens is 3. The molecule has 8 heteroatoms. The minimum absolute atomic E-state index is 0.378. The zero-order valence-electron chi connectivity index (χ0n) is 10.0. The molecule has 0 radical (unpaired) electrons. The van der Waals surface area contributed by atoms with E-state index < -0.39 is 15.6 Å². The van der Waals surface area contributed by atoms with Crippen molar-refractivity contribution in [1.29, 1.82) is 0 Å². The van der Waals surface area contributed by atoms with Crippen LogP contribution >= 0.6 is 27.3 Å². The van der Waals surface area contributed by atoms with Crippen molar-refractivity contribution in [1.82, 2.24) is 0 Å². The lowest BCUT2D eigenvalue weighted by atomic mass is 10.3. The summed E-state index contributed by atoms with van der Waals surface area (Å²) in [6, 6.07) is 9.18. The van der Waals surface area contributed by atoms with Crippen molar-refractivity contribution in [2.45, 2.75) is 17.2 Å². The molecule has 0 saturated carbocycles. The van der Waals surface area contributed by atoms with Gasteiger partial charge in [0.1, 0.15) is 0 Å². The third kappa shape index (κ3) is 3.56. The average molecular weight is 382 g/mol. The van der Waals surface area contributed by atoms with Crippen LogP contribution in [-0.2, 0) is 16.4 Å². The summed E-state index contributed by atoms with van der Waals surface area (Å²) in [6.07, 6.45) is 0. The van der Waals surface area contributed by atoms with Gasteiger partial charge >= 0.3 is 5.76 Å². The fourth-order valence-corrected chi connectivity index (χ4v) is 3.65. The predicted molar refractivity (Wildman–Crippen MR) is 79.0 cm³/mol. The highest BCUT2D eigenvalue weighted by Crippen LogP contribution is 2.24. The molecule has 1 aromatic carbocycles. The molecule has 0 atom stereocenters. The van der Waals surface area contributed by atoms with Gasteiger partial charge in [0.2, 0.25) is 9.84 Å². The first kappa shape index (κ1) is 15.4. The van der Waals surface area contributed by atoms with E-state index in [1.54, 1.807) is 11.3 Å². The zero-order valence-corrected chi connectivity index (χ0v) is 13.2. The van der Waals surface area contributed by atoms with Gasteiger partial charge in [0.25, 0.3) is 0 Å². The number of sulfone groups is 1. The molecule has 0 bridgehead atoms. The minimum Gasteiger partial charge on any atom is -0.380 e. The van der Waals surface area contributed by atoms with Gasteiger partial charge in [-0.05, 0) is 52.3 Å². The van der Waals surface area contributed by atoms with Crippen molar-refractivity contribution in [3.63, 3.8) is 0 Å². The van der Waals surface area contributed by atoms with Crippen molar-refractivity contribution in [2.75, 3.05) is 5.32 Å². The molecule has 1 aromatic heterocycles. The molecule has 0 aliphatic carbocycles. The second kappa shape index (κ2) is 6.19. The first-order chi connectivity index (χ1) is 9.39. The molecule has 0 spiro atoms. The van der Waals surface area contributed by atoms with Gasteiger partial charge in [-0.2, -0.15) is 8.78 Å². The SMILES string of the molecule is O=S(=O)(c1ccc(NCc2ccc(Br)s2)cc1)C(F)F. The summed E-state index contributed by atoms with van der Waals surface area (Å²) in [7, 11) is -4.52. The van der Waals surface area contributed by atoms with Crippen molar-refractivity contribution >= 4 is 42.8 Å². The van der Waals surface area contributed by atoms with E-state index in [0.29, 0.717) is 12.2 Å². The summed E-state index contributed by atoms with van der Waals surface area (Å²) < 4.78 is 48.3. The molecule has 108 valence electrons. The lowest BCUT2D eigenvalue weighted by Crippen LogP contribution is -2.11. The van der Waals surface area contributed by atoms with Crippen LogP contribution in [0.1, 0.15) is 4.88 Å². The molecule has 0 unspecified atom stereocenters. The fraction of sp³-hybridized carbons (Fsp3) is 0.167.